The fourth-order valence-corrected chi connectivity index (χ4v) is 3.20. The van der Waals surface area contributed by atoms with Crippen LogP contribution in [0, 0.1) is 0 Å². The lowest BCUT2D eigenvalue weighted by molar-refractivity contribution is 1.50. The monoisotopic (exact) mass is 261 g/mol. The van der Waals surface area contributed by atoms with Crippen molar-refractivity contribution in [3.05, 3.63) is 65.4 Å². The number of hydrogen-bond donors (Lipinski definition) is 0. The summed E-state index contributed by atoms with van der Waals surface area (Å²) >= 11 is 1.73. The van der Waals surface area contributed by atoms with Gasteiger partial charge in [0.2, 0.25) is 0 Å². The zero-order valence-corrected chi connectivity index (χ0v) is 11.0. The van der Waals surface area contributed by atoms with Crippen molar-refractivity contribution in [3.8, 4) is 11.1 Å². The van der Waals surface area contributed by atoms with E-state index in [-0.39, 0.29) is 0 Å². The minimum Gasteiger partial charge on any atom is -0.248 e. The van der Waals surface area contributed by atoms with Gasteiger partial charge in [-0.25, -0.2) is 4.98 Å². The number of pyridine rings is 1. The summed E-state index contributed by atoms with van der Waals surface area (Å²) in [5, 5.41) is 6.77. The third-order valence-corrected chi connectivity index (χ3v) is 4.08. The van der Waals surface area contributed by atoms with Crippen LogP contribution in [0.5, 0.6) is 0 Å². The van der Waals surface area contributed by atoms with Gasteiger partial charge < -0.3 is 0 Å². The summed E-state index contributed by atoms with van der Waals surface area (Å²) in [5.41, 5.74) is 4.69. The number of thiophene rings is 1. The SMILES string of the molecule is c1ccc2c(-c3ccsc3)c3ccccc3nc2c1. The van der Waals surface area contributed by atoms with Crippen LogP contribution in [0.1, 0.15) is 0 Å². The van der Waals surface area contributed by atoms with Gasteiger partial charge in [-0.3, -0.25) is 0 Å². The van der Waals surface area contributed by atoms with Gasteiger partial charge in [0.1, 0.15) is 0 Å². The first kappa shape index (κ1) is 10.7. The molecule has 19 heavy (non-hydrogen) atoms. The Morgan fingerprint density at radius 3 is 1.95 bits per heavy atom. The number of para-hydroxylation sites is 2. The maximum absolute atomic E-state index is 4.75. The van der Waals surface area contributed by atoms with Crippen molar-refractivity contribution >= 4 is 33.1 Å². The van der Waals surface area contributed by atoms with E-state index >= 15 is 0 Å². The molecule has 0 aliphatic rings. The van der Waals surface area contributed by atoms with E-state index in [1.807, 2.05) is 12.1 Å². The third kappa shape index (κ3) is 1.65. The Morgan fingerprint density at radius 2 is 1.37 bits per heavy atom. The smallest absolute Gasteiger partial charge is 0.0715 e. The molecular weight excluding hydrogens is 250 g/mol. The van der Waals surface area contributed by atoms with E-state index < -0.39 is 0 Å². The minimum atomic E-state index is 1.06. The van der Waals surface area contributed by atoms with Crippen molar-refractivity contribution in [1.29, 1.82) is 0 Å². The number of benzene rings is 2. The average molecular weight is 261 g/mol. The van der Waals surface area contributed by atoms with Crippen LogP contribution < -0.4 is 0 Å². The second-order valence-corrected chi connectivity index (χ2v) is 5.31. The Morgan fingerprint density at radius 1 is 0.737 bits per heavy atom. The molecule has 0 aliphatic heterocycles. The van der Waals surface area contributed by atoms with Crippen LogP contribution in [-0.2, 0) is 0 Å². The number of fused-ring (bicyclic) bond motifs is 2. The fourth-order valence-electron chi connectivity index (χ4n) is 2.56. The quantitative estimate of drug-likeness (QED) is 0.433. The Kier molecular flexibility index (Phi) is 2.35. The second kappa shape index (κ2) is 4.18. The molecule has 1 nitrogen and oxygen atoms in total. The molecule has 2 heterocycles. The lowest BCUT2D eigenvalue weighted by atomic mass is 9.98. The Labute approximate surface area is 115 Å². The number of hydrogen-bond acceptors (Lipinski definition) is 2. The molecule has 0 amide bonds. The van der Waals surface area contributed by atoms with E-state index in [0.717, 1.165) is 11.0 Å². The van der Waals surface area contributed by atoms with Gasteiger partial charge in [-0.05, 0) is 34.5 Å². The van der Waals surface area contributed by atoms with E-state index in [4.69, 9.17) is 4.98 Å². The lowest BCUT2D eigenvalue weighted by Gasteiger charge is -2.09. The van der Waals surface area contributed by atoms with Gasteiger partial charge in [-0.15, -0.1) is 0 Å². The standard InChI is InChI=1S/C17H11NS/c1-3-7-15-13(5-1)17(12-9-10-19-11-12)14-6-2-4-8-16(14)18-15/h1-11H. The van der Waals surface area contributed by atoms with Crippen LogP contribution in [0.2, 0.25) is 0 Å². The van der Waals surface area contributed by atoms with E-state index in [9.17, 15) is 0 Å². The summed E-state index contributed by atoms with van der Waals surface area (Å²) in [6, 6.07) is 18.9. The first-order valence-corrected chi connectivity index (χ1v) is 7.18. The Balaban J connectivity index is 2.27. The zero-order chi connectivity index (χ0) is 12.7. The molecule has 90 valence electrons. The first-order valence-electron chi connectivity index (χ1n) is 6.23. The molecule has 4 aromatic rings. The highest BCUT2D eigenvalue weighted by Crippen LogP contribution is 2.35. The highest BCUT2D eigenvalue weighted by molar-refractivity contribution is 7.08. The Hall–Kier alpha value is -2.19. The summed E-state index contributed by atoms with van der Waals surface area (Å²) in [4.78, 5) is 4.75. The molecule has 2 aromatic heterocycles. The molecule has 0 saturated carbocycles. The lowest BCUT2D eigenvalue weighted by Crippen LogP contribution is -1.87. The average Bonchev–Trinajstić information content (AvgIpc) is 2.98. The summed E-state index contributed by atoms with van der Waals surface area (Å²) in [6.45, 7) is 0. The highest BCUT2D eigenvalue weighted by Gasteiger charge is 2.10. The number of aromatic nitrogens is 1. The second-order valence-electron chi connectivity index (χ2n) is 4.53. The van der Waals surface area contributed by atoms with Crippen LogP contribution in [-0.4, -0.2) is 4.98 Å². The molecule has 2 aromatic carbocycles. The molecule has 2 heteroatoms. The van der Waals surface area contributed by atoms with Gasteiger partial charge in [0.25, 0.3) is 0 Å². The normalized spacial score (nSPS) is 11.2. The molecule has 4 rings (SSSR count). The van der Waals surface area contributed by atoms with Crippen molar-refractivity contribution in [2.24, 2.45) is 0 Å². The molecule has 0 atom stereocenters. The predicted octanol–water partition coefficient (Wildman–Crippen LogP) is 5.12. The minimum absolute atomic E-state index is 1.06. The fraction of sp³-hybridized carbons (Fsp3) is 0. The first-order chi connectivity index (χ1) is 9.43. The third-order valence-electron chi connectivity index (χ3n) is 3.40. The van der Waals surface area contributed by atoms with Gasteiger partial charge in [0.05, 0.1) is 11.0 Å². The van der Waals surface area contributed by atoms with E-state index in [0.29, 0.717) is 0 Å². The largest absolute Gasteiger partial charge is 0.248 e. The van der Waals surface area contributed by atoms with Gasteiger partial charge in [-0.2, -0.15) is 11.3 Å². The van der Waals surface area contributed by atoms with Crippen LogP contribution in [0.25, 0.3) is 32.9 Å². The molecule has 0 radical (unpaired) electrons. The topological polar surface area (TPSA) is 12.9 Å². The van der Waals surface area contributed by atoms with Crippen molar-refractivity contribution < 1.29 is 0 Å². The van der Waals surface area contributed by atoms with Crippen molar-refractivity contribution in [2.75, 3.05) is 0 Å². The molecule has 0 saturated heterocycles. The van der Waals surface area contributed by atoms with Crippen molar-refractivity contribution in [1.82, 2.24) is 4.98 Å². The highest BCUT2D eigenvalue weighted by atomic mass is 32.1. The summed E-state index contributed by atoms with van der Waals surface area (Å²) in [5.74, 6) is 0. The van der Waals surface area contributed by atoms with Gasteiger partial charge >= 0.3 is 0 Å². The zero-order valence-electron chi connectivity index (χ0n) is 10.2. The Bertz CT molecular complexity index is 809. The maximum Gasteiger partial charge on any atom is 0.0715 e. The van der Waals surface area contributed by atoms with Gasteiger partial charge in [0, 0.05) is 16.3 Å². The molecule has 0 bridgehead atoms. The summed E-state index contributed by atoms with van der Waals surface area (Å²) in [7, 11) is 0. The van der Waals surface area contributed by atoms with Gasteiger partial charge in [0.15, 0.2) is 0 Å². The van der Waals surface area contributed by atoms with Crippen molar-refractivity contribution in [2.45, 2.75) is 0 Å². The van der Waals surface area contributed by atoms with E-state index in [1.54, 1.807) is 11.3 Å². The van der Waals surface area contributed by atoms with Gasteiger partial charge in [-0.1, -0.05) is 36.4 Å². The molecule has 0 aliphatic carbocycles. The van der Waals surface area contributed by atoms with Crippen molar-refractivity contribution in [3.63, 3.8) is 0 Å². The molecule has 0 fully saturated rings. The van der Waals surface area contributed by atoms with Crippen LogP contribution in [0.15, 0.2) is 65.4 Å². The summed E-state index contributed by atoms with van der Waals surface area (Å²) in [6.07, 6.45) is 0. The number of rotatable bonds is 1. The van der Waals surface area contributed by atoms with Crippen LogP contribution in [0.4, 0.5) is 0 Å². The molecular formula is C17H11NS. The van der Waals surface area contributed by atoms with Crippen LogP contribution >= 0.6 is 11.3 Å². The van der Waals surface area contributed by atoms with E-state index in [1.165, 1.54) is 21.9 Å². The number of nitrogens with zero attached hydrogens (tertiary/aromatic N) is 1. The maximum atomic E-state index is 4.75. The molecule has 0 N–H and O–H groups in total. The molecule has 0 spiro atoms. The predicted molar refractivity (Wildman–Crippen MR) is 82.6 cm³/mol. The molecule has 0 unspecified atom stereocenters. The summed E-state index contributed by atoms with van der Waals surface area (Å²) < 4.78 is 0. The van der Waals surface area contributed by atoms with Crippen LogP contribution in [0.3, 0.4) is 0 Å². The van der Waals surface area contributed by atoms with E-state index in [2.05, 4.69) is 53.2 Å².